The predicted octanol–water partition coefficient (Wildman–Crippen LogP) is 4.99. The largest absolute Gasteiger partial charge is 0.481 e. The topological polar surface area (TPSA) is 94.0 Å². The quantitative estimate of drug-likeness (QED) is 0.413. The van der Waals surface area contributed by atoms with Gasteiger partial charge in [-0.3, -0.25) is 10.0 Å². The molecule has 2 N–H and O–H groups in total. The predicted molar refractivity (Wildman–Crippen MR) is 123 cm³/mol. The number of urea groups is 1. The van der Waals surface area contributed by atoms with Gasteiger partial charge in [0.1, 0.15) is 10.4 Å². The van der Waals surface area contributed by atoms with Gasteiger partial charge < -0.3 is 10.0 Å². The number of aromatic nitrogens is 1. The van der Waals surface area contributed by atoms with Gasteiger partial charge >= 0.3 is 12.0 Å². The van der Waals surface area contributed by atoms with E-state index in [0.29, 0.717) is 20.8 Å². The number of amides is 2. The fourth-order valence-corrected chi connectivity index (χ4v) is 5.37. The molecular formula is C23H22ClN3O4S. The summed E-state index contributed by atoms with van der Waals surface area (Å²) in [7, 11) is 1.26. The van der Waals surface area contributed by atoms with Crippen LogP contribution < -0.4 is 0 Å². The number of piperidine rings is 1. The molecule has 0 unspecified atom stereocenters. The fourth-order valence-electron chi connectivity index (χ4n) is 3.92. The Morgan fingerprint density at radius 3 is 2.25 bits per heavy atom. The molecule has 2 amide bonds. The van der Waals surface area contributed by atoms with Crippen molar-refractivity contribution in [1.82, 2.24) is 14.9 Å². The Balaban J connectivity index is 1.78. The Hall–Kier alpha value is -2.94. The van der Waals surface area contributed by atoms with E-state index >= 15 is 0 Å². The van der Waals surface area contributed by atoms with Crippen molar-refractivity contribution in [2.24, 2.45) is 0 Å². The van der Waals surface area contributed by atoms with Gasteiger partial charge in [-0.15, -0.1) is 11.3 Å². The number of benzene rings is 2. The summed E-state index contributed by atoms with van der Waals surface area (Å²) in [4.78, 5) is 31.8. The molecule has 32 heavy (non-hydrogen) atoms. The van der Waals surface area contributed by atoms with Gasteiger partial charge in [0.15, 0.2) is 0 Å². The molecule has 0 saturated carbocycles. The van der Waals surface area contributed by atoms with Crippen molar-refractivity contribution < 1.29 is 19.9 Å². The lowest BCUT2D eigenvalue weighted by molar-refractivity contribution is -0.146. The van der Waals surface area contributed by atoms with Crippen molar-refractivity contribution in [3.63, 3.8) is 0 Å². The Morgan fingerprint density at radius 1 is 1.06 bits per heavy atom. The number of carboxylic acids is 1. The number of carboxylic acid groups (broad SMARTS) is 1. The average molecular weight is 472 g/mol. The zero-order valence-electron chi connectivity index (χ0n) is 17.4. The molecule has 0 atom stereocenters. The lowest BCUT2D eigenvalue weighted by atomic mass is 9.79. The highest BCUT2D eigenvalue weighted by molar-refractivity contribution is 7.16. The molecule has 166 valence electrons. The molecule has 1 aromatic heterocycles. The van der Waals surface area contributed by atoms with Gasteiger partial charge in [0.2, 0.25) is 0 Å². The number of thiazole rings is 1. The summed E-state index contributed by atoms with van der Waals surface area (Å²) < 4.78 is 0. The van der Waals surface area contributed by atoms with Crippen molar-refractivity contribution >= 4 is 34.9 Å². The summed E-state index contributed by atoms with van der Waals surface area (Å²) in [6.45, 7) is 0.430. The third-order valence-electron chi connectivity index (χ3n) is 5.76. The Bertz CT molecular complexity index is 1120. The number of carbonyl (C=O) groups excluding carboxylic acids is 1. The molecule has 1 fully saturated rings. The van der Waals surface area contributed by atoms with Crippen LogP contribution in [0.15, 0.2) is 54.6 Å². The minimum absolute atomic E-state index is 0.212. The van der Waals surface area contributed by atoms with E-state index in [1.807, 2.05) is 42.5 Å². The number of hydrogen-bond acceptors (Lipinski definition) is 5. The second kappa shape index (κ2) is 8.90. The summed E-state index contributed by atoms with van der Waals surface area (Å²) in [6, 6.07) is 16.5. The van der Waals surface area contributed by atoms with E-state index in [1.165, 1.54) is 23.3 Å². The minimum atomic E-state index is -1.20. The highest BCUT2D eigenvalue weighted by atomic mass is 35.5. The first-order valence-corrected chi connectivity index (χ1v) is 11.3. The van der Waals surface area contributed by atoms with Crippen molar-refractivity contribution in [3.05, 3.63) is 64.6 Å². The molecular weight excluding hydrogens is 450 g/mol. The van der Waals surface area contributed by atoms with E-state index < -0.39 is 17.4 Å². The van der Waals surface area contributed by atoms with Gasteiger partial charge in [-0.2, -0.15) is 0 Å². The number of carbonyl (C=O) groups is 2. The minimum Gasteiger partial charge on any atom is -0.481 e. The van der Waals surface area contributed by atoms with Crippen LogP contribution in [0.2, 0.25) is 5.02 Å². The van der Waals surface area contributed by atoms with Crippen LogP contribution in [0.3, 0.4) is 0 Å². The average Bonchev–Trinajstić information content (AvgIpc) is 3.25. The molecule has 1 aliphatic heterocycles. The number of rotatable bonds is 4. The molecule has 2 heterocycles. The molecule has 2 aromatic carbocycles. The van der Waals surface area contributed by atoms with Gasteiger partial charge in [-0.25, -0.2) is 14.8 Å². The number of hydrogen-bond donors (Lipinski definition) is 2. The summed E-state index contributed by atoms with van der Waals surface area (Å²) in [5.41, 5.74) is 1.31. The molecule has 9 heteroatoms. The molecule has 0 spiro atoms. The van der Waals surface area contributed by atoms with Gasteiger partial charge in [0.25, 0.3) is 0 Å². The smallest absolute Gasteiger partial charge is 0.343 e. The van der Waals surface area contributed by atoms with Crippen LogP contribution in [0.25, 0.3) is 21.7 Å². The van der Waals surface area contributed by atoms with Crippen LogP contribution in [0.1, 0.15) is 17.8 Å². The van der Waals surface area contributed by atoms with Crippen molar-refractivity contribution in [1.29, 1.82) is 0 Å². The van der Waals surface area contributed by atoms with Crippen molar-refractivity contribution in [3.8, 4) is 21.7 Å². The van der Waals surface area contributed by atoms with Crippen molar-refractivity contribution in [2.45, 2.75) is 18.3 Å². The number of aliphatic carboxylic acids is 1. The maximum absolute atomic E-state index is 12.5. The van der Waals surface area contributed by atoms with Gasteiger partial charge in [0, 0.05) is 30.7 Å². The molecule has 0 aliphatic carbocycles. The molecule has 4 rings (SSSR count). The highest BCUT2D eigenvalue weighted by Gasteiger charge is 2.47. The summed E-state index contributed by atoms with van der Waals surface area (Å²) in [6.07, 6.45) is 0.424. The number of halogens is 1. The lowest BCUT2D eigenvalue weighted by Crippen LogP contribution is -2.51. The summed E-state index contributed by atoms with van der Waals surface area (Å²) in [5.74, 6) is -0.960. The Kier molecular flexibility index (Phi) is 6.19. The number of likely N-dealkylation sites (tertiary alicyclic amines) is 1. The standard InChI is InChI=1S/C23H22ClN3O4S/c1-26(31)22(30)27-13-11-23(12-14-27,21(28)29)20-25-18(15-7-9-17(24)10-8-15)19(32-20)16-5-3-2-4-6-16/h2-10,31H,11-14H2,1H3,(H,28,29). The van der Waals surface area contributed by atoms with Crippen LogP contribution in [-0.4, -0.2) is 57.4 Å². The molecule has 0 bridgehead atoms. The maximum atomic E-state index is 12.5. The van der Waals surface area contributed by atoms with E-state index in [0.717, 1.165) is 16.0 Å². The normalized spacial score (nSPS) is 15.4. The van der Waals surface area contributed by atoms with E-state index in [2.05, 4.69) is 0 Å². The molecule has 3 aromatic rings. The lowest BCUT2D eigenvalue weighted by Gasteiger charge is -2.38. The second-order valence-electron chi connectivity index (χ2n) is 7.75. The van der Waals surface area contributed by atoms with Crippen LogP contribution in [0, 0.1) is 0 Å². The van der Waals surface area contributed by atoms with Crippen LogP contribution >= 0.6 is 22.9 Å². The molecule has 1 aliphatic rings. The van der Waals surface area contributed by atoms with E-state index in [-0.39, 0.29) is 25.9 Å². The zero-order chi connectivity index (χ0) is 22.9. The molecule has 7 nitrogen and oxygen atoms in total. The monoisotopic (exact) mass is 471 g/mol. The maximum Gasteiger partial charge on any atom is 0.343 e. The van der Waals surface area contributed by atoms with Gasteiger partial charge in [-0.1, -0.05) is 54.1 Å². The highest BCUT2D eigenvalue weighted by Crippen LogP contribution is 2.45. The SMILES string of the molecule is CN(O)C(=O)N1CCC(C(=O)O)(c2nc(-c3ccc(Cl)cc3)c(-c3ccccc3)s2)CC1. The number of hydroxylamine groups is 2. The zero-order valence-corrected chi connectivity index (χ0v) is 18.9. The molecule has 0 radical (unpaired) electrons. The summed E-state index contributed by atoms with van der Waals surface area (Å²) >= 11 is 7.43. The molecule has 1 saturated heterocycles. The first kappa shape index (κ1) is 22.3. The van der Waals surface area contributed by atoms with E-state index in [4.69, 9.17) is 16.6 Å². The second-order valence-corrected chi connectivity index (χ2v) is 9.19. The number of nitrogens with zero attached hydrogens (tertiary/aromatic N) is 3. The van der Waals surface area contributed by atoms with Crippen molar-refractivity contribution in [2.75, 3.05) is 20.1 Å². The van der Waals surface area contributed by atoms with Crippen LogP contribution in [-0.2, 0) is 10.2 Å². The van der Waals surface area contributed by atoms with Gasteiger partial charge in [-0.05, 0) is 30.5 Å². The fraction of sp³-hybridized carbons (Fsp3) is 0.261. The summed E-state index contributed by atoms with van der Waals surface area (Å²) in [5, 5.41) is 21.3. The van der Waals surface area contributed by atoms with Crippen LogP contribution in [0.4, 0.5) is 4.79 Å². The Labute approximate surface area is 194 Å². The van der Waals surface area contributed by atoms with E-state index in [1.54, 1.807) is 12.1 Å². The first-order chi connectivity index (χ1) is 15.3. The first-order valence-electron chi connectivity index (χ1n) is 10.1. The van der Waals surface area contributed by atoms with Crippen LogP contribution in [0.5, 0.6) is 0 Å². The third kappa shape index (κ3) is 4.09. The van der Waals surface area contributed by atoms with E-state index in [9.17, 15) is 19.9 Å². The van der Waals surface area contributed by atoms with Gasteiger partial charge in [0.05, 0.1) is 10.6 Å². The third-order valence-corrected chi connectivity index (χ3v) is 7.32. The Morgan fingerprint density at radius 2 is 1.69 bits per heavy atom.